The number of carbonyl (C=O) groups excluding carboxylic acids is 2. The molecule has 2 amide bonds. The minimum absolute atomic E-state index is 0.00810. The normalized spacial score (nSPS) is 23.5. The molecule has 2 aromatic rings. The van der Waals surface area contributed by atoms with Crippen molar-refractivity contribution in [3.63, 3.8) is 0 Å². The molecule has 0 spiro atoms. The number of halogens is 2. The lowest BCUT2D eigenvalue weighted by Crippen LogP contribution is -2.58. The van der Waals surface area contributed by atoms with E-state index < -0.39 is 5.82 Å². The second kappa shape index (κ2) is 10.5. The predicted molar refractivity (Wildman–Crippen MR) is 138 cm³/mol. The molecular weight excluding hydrogens is 481 g/mol. The molecule has 6 nitrogen and oxygen atoms in total. The van der Waals surface area contributed by atoms with Crippen molar-refractivity contribution in [2.24, 2.45) is 0 Å². The van der Waals surface area contributed by atoms with Gasteiger partial charge in [-0.05, 0) is 56.0 Å². The highest BCUT2D eigenvalue weighted by atomic mass is 35.5. The molecule has 2 atom stereocenters. The number of anilines is 1. The van der Waals surface area contributed by atoms with E-state index in [0.29, 0.717) is 36.8 Å². The van der Waals surface area contributed by atoms with Gasteiger partial charge in [-0.15, -0.1) is 0 Å². The smallest absolute Gasteiger partial charge is 0.289 e. The van der Waals surface area contributed by atoms with E-state index in [9.17, 15) is 14.0 Å². The van der Waals surface area contributed by atoms with E-state index in [2.05, 4.69) is 11.8 Å². The van der Waals surface area contributed by atoms with Crippen LogP contribution in [0.25, 0.3) is 6.08 Å². The highest BCUT2D eigenvalue weighted by molar-refractivity contribution is 6.30. The van der Waals surface area contributed by atoms with Crippen molar-refractivity contribution >= 4 is 35.2 Å². The molecule has 5 rings (SSSR count). The highest BCUT2D eigenvalue weighted by Crippen LogP contribution is 2.33. The van der Waals surface area contributed by atoms with Gasteiger partial charge in [-0.1, -0.05) is 42.3 Å². The van der Waals surface area contributed by atoms with Gasteiger partial charge in [-0.2, -0.15) is 0 Å². The number of ether oxygens (including phenoxy) is 1. The minimum Gasteiger partial charge on any atom is -0.482 e. The molecule has 3 fully saturated rings. The predicted octanol–water partition coefficient (Wildman–Crippen LogP) is 4.65. The number of hydrogen-bond acceptors (Lipinski definition) is 4. The van der Waals surface area contributed by atoms with Crippen molar-refractivity contribution in [2.75, 3.05) is 37.6 Å². The van der Waals surface area contributed by atoms with Gasteiger partial charge >= 0.3 is 0 Å². The highest BCUT2D eigenvalue weighted by Gasteiger charge is 2.42. The van der Waals surface area contributed by atoms with E-state index in [4.69, 9.17) is 16.3 Å². The third-order valence-corrected chi connectivity index (χ3v) is 7.69. The molecule has 1 aliphatic carbocycles. The van der Waals surface area contributed by atoms with Crippen LogP contribution >= 0.6 is 11.6 Å². The molecule has 190 valence electrons. The Labute approximate surface area is 216 Å². The minimum atomic E-state index is -0.414. The number of rotatable bonds is 4. The number of amides is 2. The maximum absolute atomic E-state index is 14.3. The molecule has 0 N–H and O–H groups in total. The van der Waals surface area contributed by atoms with Gasteiger partial charge in [-0.25, -0.2) is 4.39 Å². The van der Waals surface area contributed by atoms with E-state index in [1.807, 2.05) is 23.1 Å². The fraction of sp³-hybridized carbons (Fsp3) is 0.429. The van der Waals surface area contributed by atoms with Crippen LogP contribution in [0, 0.1) is 12.7 Å². The zero-order chi connectivity index (χ0) is 25.2. The largest absolute Gasteiger partial charge is 0.482 e. The Morgan fingerprint density at radius 2 is 1.86 bits per heavy atom. The van der Waals surface area contributed by atoms with Crippen LogP contribution < -0.4 is 4.90 Å². The summed E-state index contributed by atoms with van der Waals surface area (Å²) in [5.74, 6) is -0.717. The zero-order valence-electron chi connectivity index (χ0n) is 20.5. The Hall–Kier alpha value is -3.06. The van der Waals surface area contributed by atoms with Crippen LogP contribution in [-0.4, -0.2) is 66.5 Å². The van der Waals surface area contributed by atoms with Gasteiger partial charge in [-0.3, -0.25) is 9.59 Å². The summed E-state index contributed by atoms with van der Waals surface area (Å²) >= 11 is 6.20. The Bertz CT molecular complexity index is 1180. The molecular formula is C28H31ClFN3O3. The summed E-state index contributed by atoms with van der Waals surface area (Å²) in [5, 5.41) is 0.696. The first-order valence-corrected chi connectivity index (χ1v) is 13.0. The number of benzene rings is 2. The lowest BCUT2D eigenvalue weighted by Gasteiger charge is -2.45. The first kappa shape index (κ1) is 24.6. The lowest BCUT2D eigenvalue weighted by atomic mass is 9.89. The first-order chi connectivity index (χ1) is 17.4. The maximum Gasteiger partial charge on any atom is 0.289 e. The van der Waals surface area contributed by atoms with E-state index in [0.717, 1.165) is 36.9 Å². The summed E-state index contributed by atoms with van der Waals surface area (Å²) in [7, 11) is 0. The number of morpholine rings is 1. The molecule has 2 heterocycles. The van der Waals surface area contributed by atoms with Crippen molar-refractivity contribution in [3.05, 3.63) is 70.2 Å². The number of piperazine rings is 1. The van der Waals surface area contributed by atoms with Crippen molar-refractivity contribution in [1.29, 1.82) is 0 Å². The van der Waals surface area contributed by atoms with Crippen LogP contribution in [-0.2, 0) is 14.3 Å². The molecule has 2 saturated heterocycles. The number of hydrogen-bond donors (Lipinski definition) is 0. The van der Waals surface area contributed by atoms with Crippen molar-refractivity contribution in [2.45, 2.75) is 44.8 Å². The Morgan fingerprint density at radius 1 is 1.11 bits per heavy atom. The molecule has 8 heteroatoms. The molecule has 2 aliphatic heterocycles. The quantitative estimate of drug-likeness (QED) is 0.561. The van der Waals surface area contributed by atoms with Crippen molar-refractivity contribution < 1.29 is 18.7 Å². The van der Waals surface area contributed by atoms with Gasteiger partial charge in [0, 0.05) is 42.5 Å². The molecule has 36 heavy (non-hydrogen) atoms. The van der Waals surface area contributed by atoms with E-state index in [-0.39, 0.29) is 36.3 Å². The van der Waals surface area contributed by atoms with Gasteiger partial charge in [0.2, 0.25) is 5.91 Å². The van der Waals surface area contributed by atoms with Crippen LogP contribution in [0.4, 0.5) is 10.1 Å². The van der Waals surface area contributed by atoms with Crippen molar-refractivity contribution in [3.8, 4) is 0 Å². The van der Waals surface area contributed by atoms with Crippen molar-refractivity contribution in [1.82, 2.24) is 9.80 Å². The van der Waals surface area contributed by atoms with E-state index >= 15 is 0 Å². The summed E-state index contributed by atoms with van der Waals surface area (Å²) in [6.45, 7) is 4.63. The first-order valence-electron chi connectivity index (χ1n) is 12.6. The third-order valence-electron chi connectivity index (χ3n) is 7.46. The molecule has 2 aromatic carbocycles. The number of nitrogens with zero attached hydrogens (tertiary/aromatic N) is 3. The van der Waals surface area contributed by atoms with E-state index in [1.54, 1.807) is 23.1 Å². The summed E-state index contributed by atoms with van der Waals surface area (Å²) in [5.41, 5.74) is 2.54. The molecule has 2 unspecified atom stereocenters. The summed E-state index contributed by atoms with van der Waals surface area (Å²) in [6, 6.07) is 12.0. The Balaban J connectivity index is 1.29. The Morgan fingerprint density at radius 3 is 2.64 bits per heavy atom. The molecule has 3 aliphatic rings. The standard InChI is InChI=1S/C28H31ClFN3O3/c1-19-10-11-21(29)17-24(19)31-12-14-32(15-13-31)27(34)18-33-23-8-4-5-9-25(23)36-26(28(33)35)16-20-6-2-3-7-22(20)30/h2-3,6-7,10-11,16-17,23,25H,4-5,8-9,12-15,18H2,1H3/b26-16+. The molecule has 0 radical (unpaired) electrons. The SMILES string of the molecule is Cc1ccc(Cl)cc1N1CCN(C(=O)CN2C(=O)/C(=C\c3ccccc3F)OC3CCCCC32)CC1. The third kappa shape index (κ3) is 5.07. The van der Waals surface area contributed by atoms with E-state index in [1.165, 1.54) is 12.1 Å². The molecule has 0 bridgehead atoms. The second-order valence-electron chi connectivity index (χ2n) is 9.77. The zero-order valence-corrected chi connectivity index (χ0v) is 21.2. The molecule has 1 saturated carbocycles. The van der Waals surface area contributed by atoms with Crippen LogP contribution in [0.5, 0.6) is 0 Å². The van der Waals surface area contributed by atoms with Crippen LogP contribution in [0.2, 0.25) is 5.02 Å². The number of carbonyl (C=O) groups is 2. The average molecular weight is 512 g/mol. The average Bonchev–Trinajstić information content (AvgIpc) is 2.89. The monoisotopic (exact) mass is 511 g/mol. The van der Waals surface area contributed by atoms with Gasteiger partial charge < -0.3 is 19.4 Å². The molecule has 0 aromatic heterocycles. The van der Waals surface area contributed by atoms with Gasteiger partial charge in [0.1, 0.15) is 18.5 Å². The van der Waals surface area contributed by atoms with Crippen LogP contribution in [0.15, 0.2) is 48.2 Å². The second-order valence-corrected chi connectivity index (χ2v) is 10.2. The summed E-state index contributed by atoms with van der Waals surface area (Å²) < 4.78 is 20.3. The fourth-order valence-electron chi connectivity index (χ4n) is 5.46. The topological polar surface area (TPSA) is 53.1 Å². The van der Waals surface area contributed by atoms with Crippen LogP contribution in [0.3, 0.4) is 0 Å². The Kier molecular flexibility index (Phi) is 7.19. The van der Waals surface area contributed by atoms with Gasteiger partial charge in [0.25, 0.3) is 5.91 Å². The number of fused-ring (bicyclic) bond motifs is 1. The number of aryl methyl sites for hydroxylation is 1. The summed E-state index contributed by atoms with van der Waals surface area (Å²) in [6.07, 6.45) is 4.91. The lowest BCUT2D eigenvalue weighted by molar-refractivity contribution is -0.154. The summed E-state index contributed by atoms with van der Waals surface area (Å²) in [4.78, 5) is 32.5. The van der Waals surface area contributed by atoms with Crippen LogP contribution in [0.1, 0.15) is 36.8 Å². The fourth-order valence-corrected chi connectivity index (χ4v) is 5.63. The van der Waals surface area contributed by atoms with Gasteiger partial charge in [0.05, 0.1) is 6.04 Å². The van der Waals surface area contributed by atoms with Gasteiger partial charge in [0.15, 0.2) is 5.76 Å². The maximum atomic E-state index is 14.3.